The van der Waals surface area contributed by atoms with Gasteiger partial charge in [0, 0.05) is 38.4 Å². The lowest BCUT2D eigenvalue weighted by molar-refractivity contribution is 0.795. The third-order valence-corrected chi connectivity index (χ3v) is 10.4. The molecule has 5 nitrogen and oxygen atoms in total. The highest BCUT2D eigenvalue weighted by atomic mass is 15.2. The van der Waals surface area contributed by atoms with Crippen LogP contribution in [0.15, 0.2) is 140 Å². The predicted octanol–water partition coefficient (Wildman–Crippen LogP) is 12.1. The lowest BCUT2D eigenvalue weighted by Crippen LogP contribution is -2.07. The molecule has 254 valence electrons. The third kappa shape index (κ3) is 5.54. The van der Waals surface area contributed by atoms with Gasteiger partial charge in [-0.25, -0.2) is 4.98 Å². The van der Waals surface area contributed by atoms with Crippen LogP contribution in [0.4, 0.5) is 0 Å². The van der Waals surface area contributed by atoms with Crippen molar-refractivity contribution in [2.24, 2.45) is 0 Å². The zero-order valence-corrected chi connectivity index (χ0v) is 29.8. The maximum Gasteiger partial charge on any atom is 0.238 e. The first kappa shape index (κ1) is 31.9. The van der Waals surface area contributed by atoms with Crippen molar-refractivity contribution in [2.45, 2.75) is 52.4 Å². The van der Waals surface area contributed by atoms with Crippen molar-refractivity contribution in [3.63, 3.8) is 0 Å². The zero-order chi connectivity index (χ0) is 35.0. The van der Waals surface area contributed by atoms with Crippen LogP contribution in [-0.2, 0) is 12.8 Å². The summed E-state index contributed by atoms with van der Waals surface area (Å²) in [6, 6.07) is 50.1. The van der Waals surface area contributed by atoms with Gasteiger partial charge in [0.05, 0.1) is 22.1 Å². The van der Waals surface area contributed by atoms with E-state index in [0.29, 0.717) is 17.6 Å². The summed E-state index contributed by atoms with van der Waals surface area (Å²) in [5.41, 5.74) is 10.2. The number of rotatable bonds is 10. The van der Waals surface area contributed by atoms with Gasteiger partial charge in [0.2, 0.25) is 5.95 Å². The number of nitrogens with zero attached hydrogens (tertiary/aromatic N) is 5. The molecule has 0 radical (unpaired) electrons. The highest BCUT2D eigenvalue weighted by Crippen LogP contribution is 2.41. The van der Waals surface area contributed by atoms with Crippen molar-refractivity contribution in [3.05, 3.63) is 151 Å². The summed E-state index contributed by atoms with van der Waals surface area (Å²) in [4.78, 5) is 15.8. The van der Waals surface area contributed by atoms with E-state index in [-0.39, 0.29) is 0 Å². The molecule has 9 aromatic rings. The van der Waals surface area contributed by atoms with E-state index in [1.807, 2.05) is 0 Å². The molecule has 9 rings (SSSR count). The van der Waals surface area contributed by atoms with Crippen molar-refractivity contribution >= 4 is 43.6 Å². The first-order chi connectivity index (χ1) is 25.7. The third-order valence-electron chi connectivity index (χ3n) is 10.4. The van der Waals surface area contributed by atoms with E-state index in [0.717, 1.165) is 62.5 Å². The fourth-order valence-corrected chi connectivity index (χ4v) is 7.68. The van der Waals surface area contributed by atoms with E-state index in [1.54, 1.807) is 0 Å². The Bertz CT molecular complexity index is 2610. The van der Waals surface area contributed by atoms with Gasteiger partial charge in [0.1, 0.15) is 0 Å². The summed E-state index contributed by atoms with van der Waals surface area (Å²) in [5.74, 6) is 1.94. The van der Waals surface area contributed by atoms with Gasteiger partial charge in [-0.2, -0.15) is 9.97 Å². The molecule has 52 heavy (non-hydrogen) atoms. The predicted molar refractivity (Wildman–Crippen MR) is 217 cm³/mol. The highest BCUT2D eigenvalue weighted by Gasteiger charge is 2.23. The molecular weight excluding hydrogens is 635 g/mol. The fourth-order valence-electron chi connectivity index (χ4n) is 7.68. The smallest absolute Gasteiger partial charge is 0.238 e. The molecular formula is C47H41N5. The standard InChI is InChI=1S/C47H41N5/c1-3-5-14-32-22-26-34(27-23-32)45-48-46(35-28-24-33(25-29-35)15-6-4-2)50-47(49-45)52-42-21-13-11-19-38(42)40-31-30-39-37-18-10-12-20-41(37)51(43(39)44(40)52)36-16-8-7-9-17-36/h7-13,16-31H,3-6,14-15H2,1-2H3. The summed E-state index contributed by atoms with van der Waals surface area (Å²) < 4.78 is 4.67. The van der Waals surface area contributed by atoms with Crippen LogP contribution >= 0.6 is 0 Å². The Morgan fingerprint density at radius 2 is 0.885 bits per heavy atom. The van der Waals surface area contributed by atoms with Crippen LogP contribution in [0.1, 0.15) is 50.7 Å². The molecule has 0 unspecified atom stereocenters. The Labute approximate surface area is 304 Å². The molecule has 0 amide bonds. The Balaban J connectivity index is 1.35. The number of hydrogen-bond donors (Lipinski definition) is 0. The quantitative estimate of drug-likeness (QED) is 0.145. The van der Waals surface area contributed by atoms with Crippen molar-refractivity contribution < 1.29 is 0 Å². The van der Waals surface area contributed by atoms with Crippen molar-refractivity contribution in [2.75, 3.05) is 0 Å². The summed E-state index contributed by atoms with van der Waals surface area (Å²) in [5, 5.41) is 4.72. The first-order valence-corrected chi connectivity index (χ1v) is 18.7. The topological polar surface area (TPSA) is 48.5 Å². The number of aryl methyl sites for hydroxylation is 2. The number of fused-ring (bicyclic) bond motifs is 7. The fraction of sp³-hybridized carbons (Fsp3) is 0.170. The van der Waals surface area contributed by atoms with E-state index in [2.05, 4.69) is 163 Å². The van der Waals surface area contributed by atoms with Gasteiger partial charge in [0.15, 0.2) is 11.6 Å². The molecule has 0 fully saturated rings. The van der Waals surface area contributed by atoms with Crippen LogP contribution in [0.25, 0.3) is 78.0 Å². The average molecular weight is 676 g/mol. The first-order valence-electron chi connectivity index (χ1n) is 18.7. The minimum atomic E-state index is 0.605. The average Bonchev–Trinajstić information content (AvgIpc) is 3.73. The van der Waals surface area contributed by atoms with E-state index >= 15 is 0 Å². The molecule has 5 heteroatoms. The van der Waals surface area contributed by atoms with Crippen LogP contribution < -0.4 is 0 Å². The molecule has 0 aliphatic heterocycles. The van der Waals surface area contributed by atoms with Gasteiger partial charge in [-0.15, -0.1) is 0 Å². The summed E-state index contributed by atoms with van der Waals surface area (Å²) in [6.45, 7) is 4.47. The normalized spacial score (nSPS) is 11.7. The molecule has 0 aliphatic carbocycles. The van der Waals surface area contributed by atoms with Gasteiger partial charge in [-0.1, -0.05) is 142 Å². The maximum absolute atomic E-state index is 5.32. The second-order valence-electron chi connectivity index (χ2n) is 13.8. The van der Waals surface area contributed by atoms with Crippen LogP contribution in [-0.4, -0.2) is 24.1 Å². The van der Waals surface area contributed by atoms with E-state index in [1.165, 1.54) is 47.6 Å². The maximum atomic E-state index is 5.32. The lowest BCUT2D eigenvalue weighted by atomic mass is 10.1. The number of para-hydroxylation sites is 3. The lowest BCUT2D eigenvalue weighted by Gasteiger charge is -2.13. The number of hydrogen-bond acceptors (Lipinski definition) is 3. The molecule has 6 aromatic carbocycles. The van der Waals surface area contributed by atoms with Crippen LogP contribution in [0, 0.1) is 0 Å². The molecule has 0 atom stereocenters. The van der Waals surface area contributed by atoms with Gasteiger partial charge in [-0.05, 0) is 61.1 Å². The van der Waals surface area contributed by atoms with E-state index < -0.39 is 0 Å². The number of aromatic nitrogens is 5. The van der Waals surface area contributed by atoms with Crippen molar-refractivity contribution in [1.29, 1.82) is 0 Å². The van der Waals surface area contributed by atoms with Gasteiger partial charge in [-0.3, -0.25) is 4.57 Å². The Kier molecular flexibility index (Phi) is 8.32. The molecule has 0 saturated carbocycles. The minimum Gasteiger partial charge on any atom is -0.307 e. The molecule has 3 heterocycles. The van der Waals surface area contributed by atoms with Crippen LogP contribution in [0.2, 0.25) is 0 Å². The second-order valence-corrected chi connectivity index (χ2v) is 13.8. The Hall–Kier alpha value is -6.07. The van der Waals surface area contributed by atoms with E-state index in [9.17, 15) is 0 Å². The minimum absolute atomic E-state index is 0.605. The van der Waals surface area contributed by atoms with Crippen LogP contribution in [0.5, 0.6) is 0 Å². The number of benzene rings is 6. The summed E-state index contributed by atoms with van der Waals surface area (Å²) in [6.07, 6.45) is 6.84. The Morgan fingerprint density at radius 3 is 1.40 bits per heavy atom. The summed E-state index contributed by atoms with van der Waals surface area (Å²) >= 11 is 0. The highest BCUT2D eigenvalue weighted by molar-refractivity contribution is 6.23. The van der Waals surface area contributed by atoms with Gasteiger partial charge >= 0.3 is 0 Å². The van der Waals surface area contributed by atoms with Crippen molar-refractivity contribution in [1.82, 2.24) is 24.1 Å². The van der Waals surface area contributed by atoms with Gasteiger partial charge < -0.3 is 4.57 Å². The Morgan fingerprint density at radius 1 is 0.423 bits per heavy atom. The summed E-state index contributed by atoms with van der Waals surface area (Å²) in [7, 11) is 0. The largest absolute Gasteiger partial charge is 0.307 e. The SMILES string of the molecule is CCCCc1ccc(-c2nc(-c3ccc(CCCC)cc3)nc(-n3c4ccccc4c4ccc5c6ccccc6n(-c6ccccc6)c5c43)n2)cc1. The molecule has 0 spiro atoms. The molecule has 0 N–H and O–H groups in total. The molecule has 3 aromatic heterocycles. The van der Waals surface area contributed by atoms with Gasteiger partial charge in [0.25, 0.3) is 0 Å². The molecule has 0 bridgehead atoms. The molecule has 0 aliphatic rings. The molecule has 0 saturated heterocycles. The van der Waals surface area contributed by atoms with Crippen molar-refractivity contribution in [3.8, 4) is 34.4 Å². The zero-order valence-electron chi connectivity index (χ0n) is 29.8. The monoisotopic (exact) mass is 675 g/mol. The second kappa shape index (κ2) is 13.6. The van der Waals surface area contributed by atoms with Crippen LogP contribution in [0.3, 0.4) is 0 Å². The number of unbranched alkanes of at least 4 members (excludes halogenated alkanes) is 2. The van der Waals surface area contributed by atoms with E-state index in [4.69, 9.17) is 15.0 Å².